The second kappa shape index (κ2) is 8.24. The number of allylic oxidation sites excluding steroid dienone is 2. The Labute approximate surface area is 199 Å². The smallest absolute Gasteiger partial charge is 0.369 e. The van der Waals surface area contributed by atoms with Gasteiger partial charge in [-0.1, -0.05) is 18.2 Å². The lowest BCUT2D eigenvalue weighted by atomic mass is 9.65. The number of primary amides is 2. The van der Waals surface area contributed by atoms with Gasteiger partial charge in [0.15, 0.2) is 0 Å². The minimum absolute atomic E-state index is 0.0743. The van der Waals surface area contributed by atoms with Gasteiger partial charge in [0.05, 0.1) is 11.0 Å². The van der Waals surface area contributed by atoms with Crippen LogP contribution in [0, 0.1) is 5.41 Å². The van der Waals surface area contributed by atoms with E-state index in [0.29, 0.717) is 35.5 Å². The van der Waals surface area contributed by atoms with Gasteiger partial charge in [-0.3, -0.25) is 4.79 Å². The molecule has 3 amide bonds. The van der Waals surface area contributed by atoms with E-state index in [9.17, 15) is 22.8 Å². The number of rotatable bonds is 4. The summed E-state index contributed by atoms with van der Waals surface area (Å²) in [6.45, 7) is 1.11. The van der Waals surface area contributed by atoms with Crippen LogP contribution in [0.1, 0.15) is 42.0 Å². The third-order valence-corrected chi connectivity index (χ3v) is 7.33. The van der Waals surface area contributed by atoms with Crippen LogP contribution in [-0.4, -0.2) is 44.7 Å². The van der Waals surface area contributed by atoms with Crippen molar-refractivity contribution in [2.75, 3.05) is 13.1 Å². The number of hydrogen-bond acceptors (Lipinski definition) is 4. The van der Waals surface area contributed by atoms with Gasteiger partial charge in [-0.15, -0.1) is 10.2 Å². The summed E-state index contributed by atoms with van der Waals surface area (Å²) in [5.41, 5.74) is 12.0. The number of benzene rings is 1. The Balaban J connectivity index is 1.62. The Bertz CT molecular complexity index is 1280. The average Bonchev–Trinajstić information content (AvgIpc) is 3.43. The molecule has 2 aliphatic heterocycles. The first-order valence-corrected chi connectivity index (χ1v) is 11.5. The highest BCUT2D eigenvalue weighted by atomic mass is 19.4. The van der Waals surface area contributed by atoms with Gasteiger partial charge in [-0.05, 0) is 53.7 Å². The predicted molar refractivity (Wildman–Crippen MR) is 121 cm³/mol. The van der Waals surface area contributed by atoms with Crippen LogP contribution in [0.25, 0.3) is 5.57 Å². The molecular formula is C24H25F3N6O2. The summed E-state index contributed by atoms with van der Waals surface area (Å²) in [6.07, 6.45) is -0.255. The average molecular weight is 486 g/mol. The van der Waals surface area contributed by atoms with E-state index in [-0.39, 0.29) is 19.4 Å². The Hall–Kier alpha value is -3.63. The first-order valence-electron chi connectivity index (χ1n) is 11.5. The van der Waals surface area contributed by atoms with Gasteiger partial charge in [0.25, 0.3) is 0 Å². The minimum Gasteiger partial charge on any atom is -0.369 e. The normalized spacial score (nSPS) is 22.0. The van der Waals surface area contributed by atoms with Crippen molar-refractivity contribution >= 4 is 17.5 Å². The van der Waals surface area contributed by atoms with Crippen molar-refractivity contribution in [3.63, 3.8) is 0 Å². The molecule has 2 aromatic rings. The molecule has 184 valence electrons. The molecule has 3 aliphatic rings. The number of carbonyl (C=O) groups excluding carboxylic acids is 2. The number of fused-ring (bicyclic) bond motifs is 1. The van der Waals surface area contributed by atoms with E-state index in [1.165, 1.54) is 11.0 Å². The maximum atomic E-state index is 13.4. The molecule has 1 atom stereocenters. The van der Waals surface area contributed by atoms with Gasteiger partial charge >= 0.3 is 12.2 Å². The third kappa shape index (κ3) is 3.88. The van der Waals surface area contributed by atoms with E-state index in [4.69, 9.17) is 11.5 Å². The molecule has 1 unspecified atom stereocenters. The molecule has 1 aliphatic carbocycles. The number of carbonyl (C=O) groups is 2. The topological polar surface area (TPSA) is 120 Å². The van der Waals surface area contributed by atoms with E-state index in [0.717, 1.165) is 42.9 Å². The number of nitrogens with two attached hydrogens (primary N) is 2. The number of urea groups is 1. The van der Waals surface area contributed by atoms with Crippen molar-refractivity contribution in [2.24, 2.45) is 16.9 Å². The summed E-state index contributed by atoms with van der Waals surface area (Å²) in [6, 6.07) is 4.49. The Morgan fingerprint density at radius 1 is 1.11 bits per heavy atom. The van der Waals surface area contributed by atoms with Crippen molar-refractivity contribution < 1.29 is 22.8 Å². The molecule has 1 aromatic heterocycles. The number of alkyl halides is 3. The summed E-state index contributed by atoms with van der Waals surface area (Å²) in [5, 5.41) is 8.53. The first kappa shape index (κ1) is 23.1. The number of aryl methyl sites for hydroxylation is 1. The Kier molecular flexibility index (Phi) is 5.45. The number of aromatic nitrogens is 3. The standard InChI is InChI=1S/C24H25F3N6O2/c25-24(26,27)15-4-1-3-14(11-15)16-6-8-23(21(28)34,12-20-31-30-19-5-2-9-33(19)20)18-13-32(22(29)35)10-7-17(16)18/h1,3-4,6,11H,2,5,7-10,12-13H2,(H2,28,34)(H2,29,35). The van der Waals surface area contributed by atoms with Crippen LogP contribution in [0.15, 0.2) is 41.5 Å². The van der Waals surface area contributed by atoms with E-state index >= 15 is 0 Å². The zero-order valence-corrected chi connectivity index (χ0v) is 18.9. The van der Waals surface area contributed by atoms with Crippen molar-refractivity contribution in [3.05, 3.63) is 64.3 Å². The summed E-state index contributed by atoms with van der Waals surface area (Å²) in [4.78, 5) is 26.5. The Morgan fingerprint density at radius 2 is 1.91 bits per heavy atom. The molecular weight excluding hydrogens is 461 g/mol. The van der Waals surface area contributed by atoms with E-state index < -0.39 is 29.1 Å². The van der Waals surface area contributed by atoms with Crippen LogP contribution in [0.5, 0.6) is 0 Å². The lowest BCUT2D eigenvalue weighted by Crippen LogP contribution is -2.50. The lowest BCUT2D eigenvalue weighted by molar-refractivity contribution is -0.137. The second-order valence-corrected chi connectivity index (χ2v) is 9.28. The van der Waals surface area contributed by atoms with Gasteiger partial charge in [0, 0.05) is 32.5 Å². The summed E-state index contributed by atoms with van der Waals surface area (Å²) in [7, 11) is 0. The molecule has 5 rings (SSSR count). The van der Waals surface area contributed by atoms with Crippen LogP contribution in [0.4, 0.5) is 18.0 Å². The molecule has 0 radical (unpaired) electrons. The molecule has 0 bridgehead atoms. The summed E-state index contributed by atoms with van der Waals surface area (Å²) in [5.74, 6) is 0.911. The van der Waals surface area contributed by atoms with Crippen LogP contribution >= 0.6 is 0 Å². The van der Waals surface area contributed by atoms with E-state index in [1.807, 2.05) is 4.57 Å². The molecule has 11 heteroatoms. The maximum Gasteiger partial charge on any atom is 0.416 e. The molecule has 3 heterocycles. The molecule has 1 aromatic carbocycles. The highest BCUT2D eigenvalue weighted by Gasteiger charge is 2.47. The quantitative estimate of drug-likeness (QED) is 0.690. The fourth-order valence-corrected chi connectivity index (χ4v) is 5.49. The molecule has 0 fully saturated rings. The van der Waals surface area contributed by atoms with Crippen molar-refractivity contribution in [1.29, 1.82) is 0 Å². The summed E-state index contributed by atoms with van der Waals surface area (Å²) < 4.78 is 42.2. The molecule has 8 nitrogen and oxygen atoms in total. The van der Waals surface area contributed by atoms with Gasteiger partial charge in [0.1, 0.15) is 11.6 Å². The van der Waals surface area contributed by atoms with Crippen LogP contribution in [-0.2, 0) is 30.4 Å². The zero-order valence-electron chi connectivity index (χ0n) is 18.9. The molecule has 0 saturated carbocycles. The first-order chi connectivity index (χ1) is 16.6. The fraction of sp³-hybridized carbons (Fsp3) is 0.417. The molecule has 35 heavy (non-hydrogen) atoms. The van der Waals surface area contributed by atoms with E-state index in [2.05, 4.69) is 10.2 Å². The number of hydrogen-bond donors (Lipinski definition) is 2. The van der Waals surface area contributed by atoms with Crippen LogP contribution in [0.2, 0.25) is 0 Å². The minimum atomic E-state index is -4.48. The monoisotopic (exact) mass is 486 g/mol. The van der Waals surface area contributed by atoms with Gasteiger partial charge in [-0.25, -0.2) is 4.79 Å². The maximum absolute atomic E-state index is 13.4. The third-order valence-electron chi connectivity index (χ3n) is 7.33. The highest BCUT2D eigenvalue weighted by Crippen LogP contribution is 2.48. The van der Waals surface area contributed by atoms with Gasteiger partial charge < -0.3 is 20.9 Å². The number of amides is 3. The zero-order chi connectivity index (χ0) is 25.0. The molecule has 0 saturated heterocycles. The highest BCUT2D eigenvalue weighted by molar-refractivity contribution is 5.92. The number of halogens is 3. The Morgan fingerprint density at radius 3 is 2.63 bits per heavy atom. The van der Waals surface area contributed by atoms with Crippen molar-refractivity contribution in [2.45, 2.75) is 44.8 Å². The van der Waals surface area contributed by atoms with Crippen molar-refractivity contribution in [1.82, 2.24) is 19.7 Å². The van der Waals surface area contributed by atoms with Crippen molar-refractivity contribution in [3.8, 4) is 0 Å². The lowest BCUT2D eigenvalue weighted by Gasteiger charge is -2.43. The number of nitrogens with zero attached hydrogens (tertiary/aromatic N) is 4. The predicted octanol–water partition coefficient (Wildman–Crippen LogP) is 2.83. The van der Waals surface area contributed by atoms with Gasteiger partial charge in [-0.2, -0.15) is 13.2 Å². The SMILES string of the molecule is NC(=O)N1CCC2=C(C1)C(Cc1nnc3n1CCC3)(C(N)=O)CC=C2c1cccc(C(F)(F)F)c1. The van der Waals surface area contributed by atoms with E-state index in [1.54, 1.807) is 12.1 Å². The largest absolute Gasteiger partial charge is 0.416 e. The molecule has 0 spiro atoms. The fourth-order valence-electron chi connectivity index (χ4n) is 5.49. The molecule has 4 N–H and O–H groups in total. The summed E-state index contributed by atoms with van der Waals surface area (Å²) >= 11 is 0. The van der Waals surface area contributed by atoms with Gasteiger partial charge in [0.2, 0.25) is 5.91 Å². The second-order valence-electron chi connectivity index (χ2n) is 9.28. The van der Waals surface area contributed by atoms with Crippen LogP contribution < -0.4 is 11.5 Å². The van der Waals surface area contributed by atoms with Crippen LogP contribution in [0.3, 0.4) is 0 Å².